The predicted octanol–water partition coefficient (Wildman–Crippen LogP) is 2.25. The molecule has 2 rings (SSSR count). The van der Waals surface area contributed by atoms with Gasteiger partial charge < -0.3 is 0 Å². The van der Waals surface area contributed by atoms with E-state index in [4.69, 9.17) is 11.6 Å². The zero-order valence-electron chi connectivity index (χ0n) is 7.57. The molecule has 0 radical (unpaired) electrons. The second-order valence-corrected chi connectivity index (χ2v) is 3.32. The van der Waals surface area contributed by atoms with E-state index in [-0.39, 0.29) is 0 Å². The molecule has 2 aromatic rings. The lowest BCUT2D eigenvalue weighted by Crippen LogP contribution is -1.88. The van der Waals surface area contributed by atoms with Gasteiger partial charge in [0.25, 0.3) is 0 Å². The summed E-state index contributed by atoms with van der Waals surface area (Å²) in [6.07, 6.45) is 6.18. The van der Waals surface area contributed by atoms with E-state index in [2.05, 4.69) is 15.2 Å². The number of alkyl halides is 1. The van der Waals surface area contributed by atoms with Crippen molar-refractivity contribution in [3.05, 3.63) is 36.3 Å². The van der Waals surface area contributed by atoms with Crippen molar-refractivity contribution in [3.8, 4) is 11.3 Å². The number of rotatable bonds is 3. The van der Waals surface area contributed by atoms with Crippen molar-refractivity contribution >= 4 is 11.6 Å². The smallest absolute Gasteiger partial charge is 0.0683 e. The van der Waals surface area contributed by atoms with E-state index < -0.39 is 0 Å². The van der Waals surface area contributed by atoms with Crippen molar-refractivity contribution in [2.45, 2.75) is 6.42 Å². The average molecular weight is 208 g/mol. The number of pyridine rings is 1. The van der Waals surface area contributed by atoms with Gasteiger partial charge >= 0.3 is 0 Å². The van der Waals surface area contributed by atoms with E-state index in [1.165, 1.54) is 0 Å². The second kappa shape index (κ2) is 4.24. The molecule has 4 heteroatoms. The molecule has 0 fully saturated rings. The summed E-state index contributed by atoms with van der Waals surface area (Å²) in [4.78, 5) is 3.97. The van der Waals surface area contributed by atoms with Crippen LogP contribution in [0.5, 0.6) is 0 Å². The number of H-pyrrole nitrogens is 1. The Bertz CT molecular complexity index is 397. The molecule has 0 aliphatic heterocycles. The van der Waals surface area contributed by atoms with Crippen LogP contribution in [0.4, 0.5) is 0 Å². The number of halogens is 1. The van der Waals surface area contributed by atoms with Gasteiger partial charge in [0.15, 0.2) is 0 Å². The third-order valence-corrected chi connectivity index (χ3v) is 2.24. The highest BCUT2D eigenvalue weighted by molar-refractivity contribution is 6.18. The SMILES string of the molecule is ClCCc1cn[nH]c1-c1ccncc1. The first-order valence-corrected chi connectivity index (χ1v) is 4.94. The van der Waals surface area contributed by atoms with Crippen molar-refractivity contribution in [3.63, 3.8) is 0 Å². The van der Waals surface area contributed by atoms with Gasteiger partial charge in [-0.05, 0) is 24.1 Å². The molecular weight excluding hydrogens is 198 g/mol. The molecule has 0 amide bonds. The molecule has 0 aliphatic rings. The summed E-state index contributed by atoms with van der Waals surface area (Å²) in [6.45, 7) is 0. The van der Waals surface area contributed by atoms with E-state index in [1.807, 2.05) is 18.3 Å². The number of aryl methyl sites for hydroxylation is 1. The van der Waals surface area contributed by atoms with Gasteiger partial charge in [0.1, 0.15) is 0 Å². The first-order valence-electron chi connectivity index (χ1n) is 4.40. The van der Waals surface area contributed by atoms with Crippen LogP contribution in [0, 0.1) is 0 Å². The summed E-state index contributed by atoms with van der Waals surface area (Å²) in [5.74, 6) is 0.609. The number of hydrogen-bond donors (Lipinski definition) is 1. The molecule has 0 saturated carbocycles. The van der Waals surface area contributed by atoms with Crippen LogP contribution < -0.4 is 0 Å². The summed E-state index contributed by atoms with van der Waals surface area (Å²) in [6, 6.07) is 3.90. The third kappa shape index (κ3) is 1.77. The van der Waals surface area contributed by atoms with Gasteiger partial charge in [-0.2, -0.15) is 5.10 Å². The Morgan fingerprint density at radius 1 is 1.29 bits per heavy atom. The standard InChI is InChI=1S/C10H10ClN3/c11-4-1-9-7-13-14-10(9)8-2-5-12-6-3-8/h2-3,5-7H,1,4H2,(H,13,14). The van der Waals surface area contributed by atoms with Gasteiger partial charge in [-0.15, -0.1) is 11.6 Å². The van der Waals surface area contributed by atoms with Gasteiger partial charge in [-0.25, -0.2) is 0 Å². The van der Waals surface area contributed by atoms with Crippen molar-refractivity contribution in [2.75, 3.05) is 5.88 Å². The topological polar surface area (TPSA) is 41.6 Å². The summed E-state index contributed by atoms with van der Waals surface area (Å²) in [5.41, 5.74) is 3.27. The van der Waals surface area contributed by atoms with Crippen LogP contribution in [-0.4, -0.2) is 21.1 Å². The minimum atomic E-state index is 0.609. The molecule has 0 spiro atoms. The highest BCUT2D eigenvalue weighted by atomic mass is 35.5. The molecule has 14 heavy (non-hydrogen) atoms. The van der Waals surface area contributed by atoms with Gasteiger partial charge in [-0.3, -0.25) is 10.1 Å². The maximum Gasteiger partial charge on any atom is 0.0683 e. The highest BCUT2D eigenvalue weighted by Gasteiger charge is 2.05. The van der Waals surface area contributed by atoms with Crippen LogP contribution in [0.3, 0.4) is 0 Å². The summed E-state index contributed by atoms with van der Waals surface area (Å²) in [7, 11) is 0. The van der Waals surface area contributed by atoms with Crippen LogP contribution >= 0.6 is 11.6 Å². The van der Waals surface area contributed by atoms with E-state index in [0.717, 1.165) is 23.2 Å². The van der Waals surface area contributed by atoms with Crippen molar-refractivity contribution in [1.29, 1.82) is 0 Å². The van der Waals surface area contributed by atoms with Crippen molar-refractivity contribution in [1.82, 2.24) is 15.2 Å². The fourth-order valence-corrected chi connectivity index (χ4v) is 1.57. The van der Waals surface area contributed by atoms with Gasteiger partial charge in [0.2, 0.25) is 0 Å². The number of nitrogens with one attached hydrogen (secondary N) is 1. The van der Waals surface area contributed by atoms with Gasteiger partial charge in [0.05, 0.1) is 11.9 Å². The normalized spacial score (nSPS) is 10.4. The average Bonchev–Trinajstić information content (AvgIpc) is 2.68. The van der Waals surface area contributed by atoms with Gasteiger partial charge in [-0.1, -0.05) is 0 Å². The maximum atomic E-state index is 5.70. The molecule has 2 heterocycles. The zero-order valence-corrected chi connectivity index (χ0v) is 8.33. The molecule has 0 aliphatic carbocycles. The Labute approximate surface area is 87.1 Å². The number of nitrogens with zero attached hydrogens (tertiary/aromatic N) is 2. The maximum absolute atomic E-state index is 5.70. The molecule has 1 N–H and O–H groups in total. The highest BCUT2D eigenvalue weighted by Crippen LogP contribution is 2.20. The summed E-state index contributed by atoms with van der Waals surface area (Å²) >= 11 is 5.70. The fourth-order valence-electron chi connectivity index (χ4n) is 1.37. The Hall–Kier alpha value is -1.35. The van der Waals surface area contributed by atoms with Crippen LogP contribution in [-0.2, 0) is 6.42 Å². The van der Waals surface area contributed by atoms with Crippen LogP contribution in [0.15, 0.2) is 30.7 Å². The largest absolute Gasteiger partial charge is 0.278 e. The van der Waals surface area contributed by atoms with E-state index in [9.17, 15) is 0 Å². The van der Waals surface area contributed by atoms with E-state index >= 15 is 0 Å². The molecule has 0 unspecified atom stereocenters. The molecule has 0 aromatic carbocycles. The van der Waals surface area contributed by atoms with Crippen molar-refractivity contribution < 1.29 is 0 Å². The summed E-state index contributed by atoms with van der Waals surface area (Å²) in [5, 5.41) is 6.98. The lowest BCUT2D eigenvalue weighted by Gasteiger charge is -2.00. The molecular formula is C10H10ClN3. The minimum absolute atomic E-state index is 0.609. The van der Waals surface area contributed by atoms with E-state index in [0.29, 0.717) is 5.88 Å². The van der Waals surface area contributed by atoms with Crippen LogP contribution in [0.1, 0.15) is 5.56 Å². The Balaban J connectivity index is 2.37. The zero-order chi connectivity index (χ0) is 9.80. The van der Waals surface area contributed by atoms with Crippen molar-refractivity contribution in [2.24, 2.45) is 0 Å². The monoisotopic (exact) mass is 207 g/mol. The van der Waals surface area contributed by atoms with E-state index in [1.54, 1.807) is 12.4 Å². The first-order chi connectivity index (χ1) is 6.92. The first kappa shape index (κ1) is 9.21. The molecule has 0 atom stereocenters. The van der Waals surface area contributed by atoms with Gasteiger partial charge in [0, 0.05) is 23.8 Å². The lowest BCUT2D eigenvalue weighted by molar-refractivity contribution is 1.09. The lowest BCUT2D eigenvalue weighted by atomic mass is 10.1. The Morgan fingerprint density at radius 3 is 2.79 bits per heavy atom. The second-order valence-electron chi connectivity index (χ2n) is 2.95. The fraction of sp³-hybridized carbons (Fsp3) is 0.200. The third-order valence-electron chi connectivity index (χ3n) is 2.05. The molecule has 72 valence electrons. The summed E-state index contributed by atoms with van der Waals surface area (Å²) < 4.78 is 0. The van der Waals surface area contributed by atoms with Crippen LogP contribution in [0.2, 0.25) is 0 Å². The predicted molar refractivity (Wildman–Crippen MR) is 56.2 cm³/mol. The molecule has 3 nitrogen and oxygen atoms in total. The molecule has 0 saturated heterocycles. The molecule has 0 bridgehead atoms. The number of hydrogen-bond acceptors (Lipinski definition) is 2. The number of aromatic amines is 1. The Kier molecular flexibility index (Phi) is 2.79. The molecule has 2 aromatic heterocycles. The minimum Gasteiger partial charge on any atom is -0.278 e. The Morgan fingerprint density at radius 2 is 2.07 bits per heavy atom. The number of aromatic nitrogens is 3. The van der Waals surface area contributed by atoms with Crippen LogP contribution in [0.25, 0.3) is 11.3 Å². The quantitative estimate of drug-likeness (QED) is 0.785.